The lowest BCUT2D eigenvalue weighted by atomic mass is 9.96. The average molecular weight is 401 g/mol. The summed E-state index contributed by atoms with van der Waals surface area (Å²) >= 11 is 0. The van der Waals surface area contributed by atoms with Crippen LogP contribution < -0.4 is 10.6 Å². The second-order valence-corrected chi connectivity index (χ2v) is 8.17. The summed E-state index contributed by atoms with van der Waals surface area (Å²) in [5, 5.41) is 6.28. The van der Waals surface area contributed by atoms with E-state index in [-0.39, 0.29) is 29.8 Å². The van der Waals surface area contributed by atoms with Crippen LogP contribution in [0.25, 0.3) is 0 Å². The lowest BCUT2D eigenvalue weighted by molar-refractivity contribution is -0.121. The summed E-state index contributed by atoms with van der Waals surface area (Å²) in [5.74, 6) is 0.806. The number of carbonyl (C=O) groups is 1. The summed E-state index contributed by atoms with van der Waals surface area (Å²) in [7, 11) is -1.98. The highest BCUT2D eigenvalue weighted by molar-refractivity contribution is 7.90. The van der Waals surface area contributed by atoms with Gasteiger partial charge >= 0.3 is 0 Å². The number of nitrogens with zero attached hydrogens (tertiary/aromatic N) is 2. The van der Waals surface area contributed by atoms with Gasteiger partial charge < -0.3 is 15.5 Å². The number of hydrogen-bond donors (Lipinski definition) is 2. The molecule has 1 unspecified atom stereocenters. The number of hydrogen-bond acceptors (Lipinski definition) is 5. The fourth-order valence-electron chi connectivity index (χ4n) is 3.30. The smallest absolute Gasteiger partial charge is 0.285 e. The van der Waals surface area contributed by atoms with Crippen molar-refractivity contribution >= 4 is 34.2 Å². The summed E-state index contributed by atoms with van der Waals surface area (Å²) in [6, 6.07) is 6.68. The number of nitrogens with one attached hydrogen (secondary N) is 2. The monoisotopic (exact) mass is 400 g/mol. The second-order valence-electron chi connectivity index (χ2n) is 6.59. The largest absolute Gasteiger partial charge is 0.355 e. The van der Waals surface area contributed by atoms with Gasteiger partial charge in [-0.1, -0.05) is 12.1 Å². The van der Waals surface area contributed by atoms with Gasteiger partial charge in [0.1, 0.15) is 4.90 Å². The van der Waals surface area contributed by atoms with Gasteiger partial charge in [0.15, 0.2) is 5.84 Å². The van der Waals surface area contributed by atoms with Crippen LogP contribution in [0.4, 0.5) is 0 Å². The summed E-state index contributed by atoms with van der Waals surface area (Å²) in [6.07, 6.45) is 3.35. The van der Waals surface area contributed by atoms with Crippen molar-refractivity contribution in [2.75, 3.05) is 33.2 Å². The average Bonchev–Trinajstić information content (AvgIpc) is 2.88. The Balaban J connectivity index is 0.00000243. The molecule has 1 atom stereocenters. The third-order valence-electron chi connectivity index (χ3n) is 4.63. The standard InChI is InChI=1S/C17H24N4O3S.ClH/c1-21(12-16(22)19-10-8-13-5-4-9-18-11-13)17-14-6-2-3-7-15(14)25(23,24)20-17;/h2-3,6-7,13,18H,4-5,8-12H2,1H3,(H,19,22);1H. The Bertz CT molecular complexity index is 776. The first-order chi connectivity index (χ1) is 12.0. The Morgan fingerprint density at radius 1 is 1.38 bits per heavy atom. The number of rotatable bonds is 5. The van der Waals surface area contributed by atoms with E-state index in [1.807, 2.05) is 0 Å². The minimum atomic E-state index is -3.66. The molecule has 0 aliphatic carbocycles. The van der Waals surface area contributed by atoms with Crippen LogP contribution in [0, 0.1) is 5.92 Å². The van der Waals surface area contributed by atoms with E-state index in [0.717, 1.165) is 19.5 Å². The molecule has 144 valence electrons. The van der Waals surface area contributed by atoms with Crippen LogP contribution >= 0.6 is 12.4 Å². The number of halogens is 1. The predicted octanol–water partition coefficient (Wildman–Crippen LogP) is 0.995. The molecule has 2 heterocycles. The maximum atomic E-state index is 12.2. The second kappa shape index (κ2) is 8.83. The van der Waals surface area contributed by atoms with Gasteiger partial charge in [0, 0.05) is 19.2 Å². The molecule has 0 bridgehead atoms. The van der Waals surface area contributed by atoms with Gasteiger partial charge in [0.2, 0.25) is 5.91 Å². The van der Waals surface area contributed by atoms with Gasteiger partial charge in [-0.15, -0.1) is 16.8 Å². The van der Waals surface area contributed by atoms with Gasteiger partial charge in [0.25, 0.3) is 10.0 Å². The summed E-state index contributed by atoms with van der Waals surface area (Å²) in [5.41, 5.74) is 0.547. The molecule has 1 aromatic carbocycles. The molecule has 26 heavy (non-hydrogen) atoms. The van der Waals surface area contributed by atoms with Gasteiger partial charge in [-0.2, -0.15) is 8.42 Å². The number of carbonyl (C=O) groups excluding carboxylic acids is 1. The van der Waals surface area contributed by atoms with Crippen molar-refractivity contribution in [3.05, 3.63) is 29.8 Å². The number of benzene rings is 1. The quantitative estimate of drug-likeness (QED) is 0.769. The number of sulfonamides is 1. The third kappa shape index (κ3) is 4.75. The van der Waals surface area contributed by atoms with Crippen LogP contribution in [0.15, 0.2) is 33.6 Å². The van der Waals surface area contributed by atoms with Crippen LogP contribution in [0.5, 0.6) is 0 Å². The molecule has 1 aromatic rings. The SMILES string of the molecule is CN(CC(=O)NCCC1CCCNC1)C1=NS(=O)(=O)c2ccccc21.Cl. The van der Waals surface area contributed by atoms with E-state index < -0.39 is 10.0 Å². The molecule has 2 aliphatic heterocycles. The molecule has 1 saturated heterocycles. The lowest BCUT2D eigenvalue weighted by Crippen LogP contribution is -2.39. The van der Waals surface area contributed by atoms with E-state index in [1.165, 1.54) is 18.9 Å². The first-order valence-corrected chi connectivity index (χ1v) is 10.0. The minimum Gasteiger partial charge on any atom is -0.355 e. The molecule has 7 nitrogen and oxygen atoms in total. The fraction of sp³-hybridized carbons (Fsp3) is 0.529. The maximum absolute atomic E-state index is 12.2. The number of fused-ring (bicyclic) bond motifs is 1. The Morgan fingerprint density at radius 3 is 2.88 bits per heavy atom. The van der Waals surface area contributed by atoms with E-state index in [9.17, 15) is 13.2 Å². The minimum absolute atomic E-state index is 0. The Kier molecular flexibility index (Phi) is 7.02. The Labute approximate surface area is 160 Å². The number of piperidine rings is 1. The maximum Gasteiger partial charge on any atom is 0.285 e. The Morgan fingerprint density at radius 2 is 2.15 bits per heavy atom. The molecule has 1 amide bonds. The number of amides is 1. The Hall–Kier alpha value is -1.64. The number of amidine groups is 1. The van der Waals surface area contributed by atoms with Crippen LogP contribution in [-0.4, -0.2) is 58.3 Å². The van der Waals surface area contributed by atoms with Crippen molar-refractivity contribution < 1.29 is 13.2 Å². The van der Waals surface area contributed by atoms with Crippen molar-refractivity contribution in [2.24, 2.45) is 10.3 Å². The molecule has 1 fully saturated rings. The van der Waals surface area contributed by atoms with Crippen LogP contribution in [0.1, 0.15) is 24.8 Å². The summed E-state index contributed by atoms with van der Waals surface area (Å²) in [4.78, 5) is 13.9. The zero-order chi connectivity index (χ0) is 17.9. The zero-order valence-electron chi connectivity index (χ0n) is 14.8. The molecule has 9 heteroatoms. The molecule has 2 aliphatic rings. The molecule has 0 aromatic heterocycles. The highest BCUT2D eigenvalue weighted by atomic mass is 35.5. The first kappa shape index (κ1) is 20.7. The molecule has 2 N–H and O–H groups in total. The van der Waals surface area contributed by atoms with E-state index in [4.69, 9.17) is 0 Å². The van der Waals surface area contributed by atoms with Crippen LogP contribution in [-0.2, 0) is 14.8 Å². The first-order valence-electron chi connectivity index (χ1n) is 8.60. The third-order valence-corrected chi connectivity index (χ3v) is 5.95. The molecule has 0 radical (unpaired) electrons. The van der Waals surface area contributed by atoms with Crippen molar-refractivity contribution in [3.8, 4) is 0 Å². The highest BCUT2D eigenvalue weighted by Crippen LogP contribution is 2.26. The van der Waals surface area contributed by atoms with E-state index in [2.05, 4.69) is 15.0 Å². The van der Waals surface area contributed by atoms with Crippen LogP contribution in [0.3, 0.4) is 0 Å². The van der Waals surface area contributed by atoms with Crippen LogP contribution in [0.2, 0.25) is 0 Å². The molecule has 0 saturated carbocycles. The zero-order valence-corrected chi connectivity index (χ0v) is 16.4. The molecule has 3 rings (SSSR count). The molecular formula is C17H25ClN4O3S. The summed E-state index contributed by atoms with van der Waals surface area (Å²) in [6.45, 7) is 2.81. The lowest BCUT2D eigenvalue weighted by Gasteiger charge is -2.23. The molecular weight excluding hydrogens is 376 g/mol. The molecule has 0 spiro atoms. The normalized spacial score (nSPS) is 20.5. The van der Waals surface area contributed by atoms with Crippen molar-refractivity contribution in [3.63, 3.8) is 0 Å². The van der Waals surface area contributed by atoms with Crippen molar-refractivity contribution in [1.82, 2.24) is 15.5 Å². The fourth-order valence-corrected chi connectivity index (χ4v) is 4.55. The number of likely N-dealkylation sites (N-methyl/N-ethyl adjacent to an activating group) is 1. The van der Waals surface area contributed by atoms with E-state index >= 15 is 0 Å². The van der Waals surface area contributed by atoms with Gasteiger partial charge in [0.05, 0.1) is 6.54 Å². The van der Waals surface area contributed by atoms with Gasteiger partial charge in [-0.25, -0.2) is 0 Å². The van der Waals surface area contributed by atoms with Crippen molar-refractivity contribution in [2.45, 2.75) is 24.2 Å². The van der Waals surface area contributed by atoms with E-state index in [1.54, 1.807) is 30.1 Å². The van der Waals surface area contributed by atoms with E-state index in [0.29, 0.717) is 23.9 Å². The van der Waals surface area contributed by atoms with Gasteiger partial charge in [-0.3, -0.25) is 4.79 Å². The topological polar surface area (TPSA) is 90.9 Å². The van der Waals surface area contributed by atoms with Gasteiger partial charge in [-0.05, 0) is 50.4 Å². The van der Waals surface area contributed by atoms with Crippen molar-refractivity contribution in [1.29, 1.82) is 0 Å². The summed E-state index contributed by atoms with van der Waals surface area (Å²) < 4.78 is 28.0. The predicted molar refractivity (Wildman–Crippen MR) is 103 cm³/mol. The highest BCUT2D eigenvalue weighted by Gasteiger charge is 2.30.